The highest BCUT2D eigenvalue weighted by atomic mass is 32.2. The second-order valence-corrected chi connectivity index (χ2v) is 6.78. The largest absolute Gasteiger partial charge is 0.456 e. The molecule has 0 aliphatic carbocycles. The number of carbonyl (C=O) groups excluding carboxylic acids is 2. The van der Waals surface area contributed by atoms with Gasteiger partial charge in [0.25, 0.3) is 0 Å². The third-order valence-electron chi connectivity index (χ3n) is 3.92. The van der Waals surface area contributed by atoms with E-state index in [0.29, 0.717) is 5.75 Å². The van der Waals surface area contributed by atoms with Crippen LogP contribution in [0.5, 0.6) is 0 Å². The molecular weight excluding hydrogens is 381 g/mol. The van der Waals surface area contributed by atoms with Crippen molar-refractivity contribution in [1.29, 1.82) is 0 Å². The fourth-order valence-corrected chi connectivity index (χ4v) is 3.58. The van der Waals surface area contributed by atoms with Crippen LogP contribution in [0.25, 0.3) is 11.2 Å². The van der Waals surface area contributed by atoms with Crippen molar-refractivity contribution in [3.05, 3.63) is 12.4 Å². The van der Waals surface area contributed by atoms with Crippen molar-refractivity contribution in [3.8, 4) is 0 Å². The molecule has 2 aromatic rings. The van der Waals surface area contributed by atoms with E-state index in [1.165, 1.54) is 36.5 Å². The number of nitrogens with zero attached hydrogens (tertiary/aromatic N) is 4. The minimum Gasteiger partial charge on any atom is -0.456 e. The molecule has 0 bridgehead atoms. The lowest BCUT2D eigenvalue weighted by molar-refractivity contribution is -0.165. The first-order chi connectivity index (χ1) is 12.8. The van der Waals surface area contributed by atoms with E-state index in [9.17, 15) is 14.0 Å². The SMILES string of the molecule is CSC[C@H]1O[C@@H](n2cnc3c(N)nc(F)nc32)[C@H](OC(C)=O)[C@@H]1OC(C)=O. The minimum absolute atomic E-state index is 0.0773. The first-order valence-corrected chi connectivity index (χ1v) is 9.35. The Hall–Kier alpha value is -2.47. The van der Waals surface area contributed by atoms with Crippen LogP contribution >= 0.6 is 11.8 Å². The summed E-state index contributed by atoms with van der Waals surface area (Å²) in [6, 6.07) is 0. The third kappa shape index (κ3) is 3.81. The van der Waals surface area contributed by atoms with Crippen molar-refractivity contribution in [2.24, 2.45) is 0 Å². The zero-order valence-electron chi connectivity index (χ0n) is 14.8. The van der Waals surface area contributed by atoms with E-state index >= 15 is 0 Å². The van der Waals surface area contributed by atoms with Gasteiger partial charge in [-0.25, -0.2) is 4.98 Å². The van der Waals surface area contributed by atoms with Crippen molar-refractivity contribution >= 4 is 40.7 Å². The molecule has 1 fully saturated rings. The molecule has 12 heteroatoms. The number of fused-ring (bicyclic) bond motifs is 1. The van der Waals surface area contributed by atoms with E-state index in [0.717, 1.165) is 0 Å². The lowest BCUT2D eigenvalue weighted by Gasteiger charge is -2.23. The third-order valence-corrected chi connectivity index (χ3v) is 4.58. The van der Waals surface area contributed by atoms with Gasteiger partial charge in [0.15, 0.2) is 35.4 Å². The number of anilines is 1. The number of halogens is 1. The predicted octanol–water partition coefficient (Wildman–Crippen LogP) is 0.671. The molecule has 146 valence electrons. The quantitative estimate of drug-likeness (QED) is 0.565. The van der Waals surface area contributed by atoms with Crippen molar-refractivity contribution < 1.29 is 28.2 Å². The number of thioether (sulfide) groups is 1. The normalized spacial score (nSPS) is 24.9. The van der Waals surface area contributed by atoms with Crippen LogP contribution in [-0.2, 0) is 23.8 Å². The van der Waals surface area contributed by atoms with Crippen LogP contribution in [0, 0.1) is 6.08 Å². The van der Waals surface area contributed by atoms with Crippen molar-refractivity contribution in [3.63, 3.8) is 0 Å². The van der Waals surface area contributed by atoms with Crippen molar-refractivity contribution in [1.82, 2.24) is 19.5 Å². The Morgan fingerprint density at radius 2 is 1.96 bits per heavy atom. The number of aromatic nitrogens is 4. The van der Waals surface area contributed by atoms with Gasteiger partial charge in [0.1, 0.15) is 6.10 Å². The van der Waals surface area contributed by atoms with Gasteiger partial charge >= 0.3 is 18.0 Å². The maximum atomic E-state index is 13.7. The van der Waals surface area contributed by atoms with Gasteiger partial charge in [0.2, 0.25) is 0 Å². The molecule has 1 saturated heterocycles. The average molecular weight is 399 g/mol. The van der Waals surface area contributed by atoms with Crippen LogP contribution in [0.3, 0.4) is 0 Å². The van der Waals surface area contributed by atoms with E-state index in [2.05, 4.69) is 15.0 Å². The Morgan fingerprint density at radius 1 is 1.30 bits per heavy atom. The highest BCUT2D eigenvalue weighted by Crippen LogP contribution is 2.37. The lowest BCUT2D eigenvalue weighted by Crippen LogP contribution is -2.39. The van der Waals surface area contributed by atoms with E-state index in [-0.39, 0.29) is 17.0 Å². The molecule has 0 spiro atoms. The fourth-order valence-electron chi connectivity index (χ4n) is 2.98. The molecular formula is C15H18FN5O5S. The van der Waals surface area contributed by atoms with Gasteiger partial charge < -0.3 is 19.9 Å². The van der Waals surface area contributed by atoms with E-state index < -0.39 is 42.6 Å². The van der Waals surface area contributed by atoms with Crippen LogP contribution in [0.1, 0.15) is 20.1 Å². The topological polar surface area (TPSA) is 131 Å². The Morgan fingerprint density at radius 3 is 2.59 bits per heavy atom. The fraction of sp³-hybridized carbons (Fsp3) is 0.533. The Kier molecular flexibility index (Phi) is 5.46. The van der Waals surface area contributed by atoms with Gasteiger partial charge in [-0.05, 0) is 6.26 Å². The predicted molar refractivity (Wildman–Crippen MR) is 93.1 cm³/mol. The summed E-state index contributed by atoms with van der Waals surface area (Å²) in [7, 11) is 0. The summed E-state index contributed by atoms with van der Waals surface area (Å²) in [5, 5.41) is 0. The van der Waals surface area contributed by atoms with Gasteiger partial charge in [-0.15, -0.1) is 0 Å². The Balaban J connectivity index is 2.06. The number of rotatable bonds is 5. The summed E-state index contributed by atoms with van der Waals surface area (Å²) in [6.45, 7) is 2.49. The summed E-state index contributed by atoms with van der Waals surface area (Å²) in [5.74, 6) is -0.777. The van der Waals surface area contributed by atoms with Gasteiger partial charge in [0, 0.05) is 19.6 Å². The smallest absolute Gasteiger partial charge is 0.312 e. The molecule has 2 N–H and O–H groups in total. The van der Waals surface area contributed by atoms with Crippen LogP contribution in [-0.4, -0.2) is 61.8 Å². The molecule has 0 saturated carbocycles. The molecule has 27 heavy (non-hydrogen) atoms. The van der Waals surface area contributed by atoms with E-state index in [4.69, 9.17) is 19.9 Å². The number of nitrogen functional groups attached to an aromatic ring is 1. The molecule has 3 rings (SSSR count). The number of hydrogen-bond acceptors (Lipinski definition) is 10. The molecule has 1 aliphatic heterocycles. The highest BCUT2D eigenvalue weighted by Gasteiger charge is 2.50. The summed E-state index contributed by atoms with van der Waals surface area (Å²) in [6.07, 6.45) is -1.14. The Bertz CT molecular complexity index is 878. The molecule has 10 nitrogen and oxygen atoms in total. The summed E-state index contributed by atoms with van der Waals surface area (Å²) < 4.78 is 31.8. The van der Waals surface area contributed by atoms with Crippen molar-refractivity contribution in [2.45, 2.75) is 38.4 Å². The van der Waals surface area contributed by atoms with Crippen molar-refractivity contribution in [2.75, 3.05) is 17.7 Å². The van der Waals surface area contributed by atoms with Crippen LogP contribution in [0.4, 0.5) is 10.2 Å². The number of nitrogens with two attached hydrogens (primary N) is 1. The van der Waals surface area contributed by atoms with Gasteiger partial charge in [-0.3, -0.25) is 14.2 Å². The number of imidazole rings is 1. The van der Waals surface area contributed by atoms with Gasteiger partial charge in [-0.1, -0.05) is 0 Å². The standard InChI is InChI=1S/C15H18FN5O5S/c1-6(22)24-10-8(4-27-3)26-14(11(10)25-7(2)23)21-5-18-9-12(17)19-15(16)20-13(9)21/h5,8,10-11,14H,4H2,1-3H3,(H2,17,19,20)/t8-,10-,11-,14-/m1/s1. The van der Waals surface area contributed by atoms with Gasteiger partial charge in [0.05, 0.1) is 6.33 Å². The van der Waals surface area contributed by atoms with Crippen LogP contribution < -0.4 is 5.73 Å². The average Bonchev–Trinajstić information content (AvgIpc) is 3.10. The lowest BCUT2D eigenvalue weighted by atomic mass is 10.1. The summed E-state index contributed by atoms with van der Waals surface area (Å²) in [4.78, 5) is 34.4. The molecule has 2 aromatic heterocycles. The Labute approximate surface area is 157 Å². The second kappa shape index (κ2) is 7.64. The highest BCUT2D eigenvalue weighted by molar-refractivity contribution is 7.98. The molecule has 0 unspecified atom stereocenters. The van der Waals surface area contributed by atoms with Crippen LogP contribution in [0.15, 0.2) is 6.33 Å². The van der Waals surface area contributed by atoms with Crippen LogP contribution in [0.2, 0.25) is 0 Å². The zero-order chi connectivity index (χ0) is 19.7. The maximum absolute atomic E-state index is 13.7. The van der Waals surface area contributed by atoms with Gasteiger partial charge in [-0.2, -0.15) is 26.1 Å². The number of ether oxygens (including phenoxy) is 3. The summed E-state index contributed by atoms with van der Waals surface area (Å²) >= 11 is 1.47. The number of esters is 2. The van der Waals surface area contributed by atoms with E-state index in [1.54, 1.807) is 0 Å². The molecule has 3 heterocycles. The minimum atomic E-state index is -1.03. The number of carbonyl (C=O) groups is 2. The first kappa shape index (κ1) is 19.3. The molecule has 1 aliphatic rings. The monoisotopic (exact) mass is 399 g/mol. The maximum Gasteiger partial charge on any atom is 0.312 e. The second-order valence-electron chi connectivity index (χ2n) is 5.87. The molecule has 0 amide bonds. The molecule has 0 aromatic carbocycles. The number of hydrogen-bond donors (Lipinski definition) is 1. The first-order valence-electron chi connectivity index (χ1n) is 7.96. The summed E-state index contributed by atoms with van der Waals surface area (Å²) in [5.41, 5.74) is 5.94. The zero-order valence-corrected chi connectivity index (χ0v) is 15.6. The molecule has 4 atom stereocenters. The molecule has 0 radical (unpaired) electrons. The van der Waals surface area contributed by atoms with E-state index in [1.807, 2.05) is 6.26 Å².